The fourth-order valence-electron chi connectivity index (χ4n) is 1.53. The standard InChI is InChI=1S/C12H11IN2O2/c1-8(16)11-14-6-7-15(11)12(17)9-2-4-10(13)5-3-9/h2-8,16H,1H3. The van der Waals surface area contributed by atoms with Crippen LogP contribution in [0.5, 0.6) is 0 Å². The van der Waals surface area contributed by atoms with Crippen LogP contribution in [0, 0.1) is 3.57 Å². The summed E-state index contributed by atoms with van der Waals surface area (Å²) in [4.78, 5) is 16.1. The lowest BCUT2D eigenvalue weighted by atomic mass is 10.2. The van der Waals surface area contributed by atoms with Crippen LogP contribution in [-0.2, 0) is 0 Å². The molecule has 1 aromatic heterocycles. The van der Waals surface area contributed by atoms with Crippen LogP contribution in [0.4, 0.5) is 0 Å². The van der Waals surface area contributed by atoms with E-state index in [0.29, 0.717) is 11.4 Å². The van der Waals surface area contributed by atoms with E-state index in [9.17, 15) is 9.90 Å². The van der Waals surface area contributed by atoms with Crippen LogP contribution in [-0.4, -0.2) is 20.6 Å². The van der Waals surface area contributed by atoms with Crippen LogP contribution in [0.1, 0.15) is 29.2 Å². The number of aliphatic hydroxyl groups excluding tert-OH is 1. The first-order valence-corrected chi connectivity index (χ1v) is 6.19. The minimum absolute atomic E-state index is 0.185. The molecule has 17 heavy (non-hydrogen) atoms. The minimum Gasteiger partial charge on any atom is -0.385 e. The highest BCUT2D eigenvalue weighted by molar-refractivity contribution is 14.1. The highest BCUT2D eigenvalue weighted by atomic mass is 127. The number of rotatable bonds is 2. The number of nitrogens with zero attached hydrogens (tertiary/aromatic N) is 2. The van der Waals surface area contributed by atoms with Crippen molar-refractivity contribution in [3.05, 3.63) is 51.6 Å². The molecule has 2 aromatic rings. The zero-order valence-electron chi connectivity index (χ0n) is 9.17. The van der Waals surface area contributed by atoms with E-state index in [0.717, 1.165) is 3.57 Å². The molecule has 1 heterocycles. The van der Waals surface area contributed by atoms with Gasteiger partial charge in [-0.2, -0.15) is 0 Å². The Balaban J connectivity index is 2.37. The van der Waals surface area contributed by atoms with Crippen LogP contribution >= 0.6 is 22.6 Å². The summed E-state index contributed by atoms with van der Waals surface area (Å²) in [5.74, 6) is 0.170. The van der Waals surface area contributed by atoms with Gasteiger partial charge in [0.2, 0.25) is 0 Å². The Morgan fingerprint density at radius 1 is 1.41 bits per heavy atom. The summed E-state index contributed by atoms with van der Waals surface area (Å²) in [5, 5.41) is 9.50. The summed E-state index contributed by atoms with van der Waals surface area (Å²) in [6.07, 6.45) is 2.30. The molecule has 1 atom stereocenters. The summed E-state index contributed by atoms with van der Waals surface area (Å²) in [7, 11) is 0. The molecule has 0 saturated heterocycles. The number of hydrogen-bond donors (Lipinski definition) is 1. The van der Waals surface area contributed by atoms with Gasteiger partial charge in [-0.25, -0.2) is 4.98 Å². The average Bonchev–Trinajstić information content (AvgIpc) is 2.78. The van der Waals surface area contributed by atoms with E-state index in [4.69, 9.17) is 0 Å². The number of carbonyl (C=O) groups excluding carboxylic acids is 1. The van der Waals surface area contributed by atoms with Crippen molar-refractivity contribution >= 4 is 28.5 Å². The molecular formula is C12H11IN2O2. The van der Waals surface area contributed by atoms with E-state index in [1.165, 1.54) is 10.8 Å². The maximum absolute atomic E-state index is 12.2. The first kappa shape index (κ1) is 12.3. The van der Waals surface area contributed by atoms with Crippen LogP contribution in [0.25, 0.3) is 0 Å². The predicted molar refractivity (Wildman–Crippen MR) is 71.7 cm³/mol. The first-order chi connectivity index (χ1) is 8.09. The Hall–Kier alpha value is -1.21. The van der Waals surface area contributed by atoms with Gasteiger partial charge in [-0.1, -0.05) is 0 Å². The number of imidazole rings is 1. The molecule has 88 valence electrons. The molecular weight excluding hydrogens is 331 g/mol. The fraction of sp³-hybridized carbons (Fsp3) is 0.167. The van der Waals surface area contributed by atoms with Gasteiger partial charge in [-0.05, 0) is 53.8 Å². The zero-order chi connectivity index (χ0) is 12.4. The van der Waals surface area contributed by atoms with Crippen molar-refractivity contribution < 1.29 is 9.90 Å². The fourth-order valence-corrected chi connectivity index (χ4v) is 1.89. The van der Waals surface area contributed by atoms with Gasteiger partial charge in [0.25, 0.3) is 5.91 Å². The second-order valence-electron chi connectivity index (χ2n) is 3.64. The number of hydrogen-bond acceptors (Lipinski definition) is 3. The molecule has 1 unspecified atom stereocenters. The number of benzene rings is 1. The topological polar surface area (TPSA) is 55.1 Å². The molecule has 1 aromatic carbocycles. The van der Waals surface area contributed by atoms with Crippen molar-refractivity contribution in [2.24, 2.45) is 0 Å². The molecule has 0 amide bonds. The summed E-state index contributed by atoms with van der Waals surface area (Å²) in [5.41, 5.74) is 0.574. The molecule has 0 aliphatic carbocycles. The summed E-state index contributed by atoms with van der Waals surface area (Å²) >= 11 is 2.18. The lowest BCUT2D eigenvalue weighted by Gasteiger charge is -2.08. The maximum atomic E-state index is 12.2. The van der Waals surface area contributed by atoms with Crippen molar-refractivity contribution in [2.75, 3.05) is 0 Å². The Kier molecular flexibility index (Phi) is 3.58. The molecule has 1 N–H and O–H groups in total. The van der Waals surface area contributed by atoms with Crippen molar-refractivity contribution in [1.82, 2.24) is 9.55 Å². The van der Waals surface area contributed by atoms with Crippen molar-refractivity contribution in [2.45, 2.75) is 13.0 Å². The predicted octanol–water partition coefficient (Wildman–Crippen LogP) is 2.23. The SMILES string of the molecule is CC(O)c1nccn1C(=O)c1ccc(I)cc1. The van der Waals surface area contributed by atoms with Crippen LogP contribution in [0.2, 0.25) is 0 Å². The van der Waals surface area contributed by atoms with E-state index in [-0.39, 0.29) is 5.91 Å². The third-order valence-electron chi connectivity index (χ3n) is 2.35. The van der Waals surface area contributed by atoms with Crippen molar-refractivity contribution in [3.63, 3.8) is 0 Å². The number of aromatic nitrogens is 2. The van der Waals surface area contributed by atoms with Crippen LogP contribution in [0.3, 0.4) is 0 Å². The highest BCUT2D eigenvalue weighted by Crippen LogP contribution is 2.13. The molecule has 0 aliphatic heterocycles. The third-order valence-corrected chi connectivity index (χ3v) is 3.07. The Bertz CT molecular complexity index is 532. The first-order valence-electron chi connectivity index (χ1n) is 5.11. The van der Waals surface area contributed by atoms with Gasteiger partial charge in [0.15, 0.2) is 0 Å². The lowest BCUT2D eigenvalue weighted by molar-refractivity contribution is 0.0938. The molecule has 0 bridgehead atoms. The summed E-state index contributed by atoms with van der Waals surface area (Å²) in [6, 6.07) is 7.26. The van der Waals surface area contributed by atoms with Gasteiger partial charge in [-0.3, -0.25) is 9.36 Å². The van der Waals surface area contributed by atoms with Gasteiger partial charge in [0.1, 0.15) is 11.9 Å². The number of aliphatic hydroxyl groups is 1. The number of carbonyl (C=O) groups is 1. The van der Waals surface area contributed by atoms with Gasteiger partial charge in [0.05, 0.1) is 0 Å². The maximum Gasteiger partial charge on any atom is 0.263 e. The van der Waals surface area contributed by atoms with Gasteiger partial charge in [-0.15, -0.1) is 0 Å². The van der Waals surface area contributed by atoms with E-state index < -0.39 is 6.10 Å². The Labute approximate surface area is 112 Å². The normalized spacial score (nSPS) is 12.4. The average molecular weight is 342 g/mol. The van der Waals surface area contributed by atoms with E-state index in [1.807, 2.05) is 12.1 Å². The zero-order valence-corrected chi connectivity index (χ0v) is 11.3. The molecule has 0 fully saturated rings. The third kappa shape index (κ3) is 2.55. The molecule has 5 heteroatoms. The lowest BCUT2D eigenvalue weighted by Crippen LogP contribution is -2.16. The molecule has 0 aliphatic rings. The van der Waals surface area contributed by atoms with Gasteiger partial charge in [0, 0.05) is 21.5 Å². The Morgan fingerprint density at radius 3 is 2.65 bits per heavy atom. The molecule has 4 nitrogen and oxygen atoms in total. The van der Waals surface area contributed by atoms with Gasteiger partial charge >= 0.3 is 0 Å². The molecule has 0 radical (unpaired) electrons. The van der Waals surface area contributed by atoms with Crippen molar-refractivity contribution in [3.8, 4) is 0 Å². The molecule has 0 saturated carbocycles. The molecule has 2 rings (SSSR count). The van der Waals surface area contributed by atoms with E-state index in [2.05, 4.69) is 27.6 Å². The summed E-state index contributed by atoms with van der Waals surface area (Å²) in [6.45, 7) is 1.58. The van der Waals surface area contributed by atoms with Crippen LogP contribution < -0.4 is 0 Å². The van der Waals surface area contributed by atoms with Gasteiger partial charge < -0.3 is 5.11 Å². The van der Waals surface area contributed by atoms with Crippen molar-refractivity contribution in [1.29, 1.82) is 0 Å². The monoisotopic (exact) mass is 342 g/mol. The second-order valence-corrected chi connectivity index (χ2v) is 4.89. The number of halogens is 1. The van der Waals surface area contributed by atoms with E-state index >= 15 is 0 Å². The highest BCUT2D eigenvalue weighted by Gasteiger charge is 2.15. The summed E-state index contributed by atoms with van der Waals surface area (Å²) < 4.78 is 2.44. The smallest absolute Gasteiger partial charge is 0.263 e. The minimum atomic E-state index is -0.766. The second kappa shape index (κ2) is 4.97. The van der Waals surface area contributed by atoms with Crippen LogP contribution in [0.15, 0.2) is 36.7 Å². The van der Waals surface area contributed by atoms with E-state index in [1.54, 1.807) is 25.3 Å². The Morgan fingerprint density at radius 2 is 2.06 bits per heavy atom. The quantitative estimate of drug-likeness (QED) is 0.852. The molecule has 0 spiro atoms. The largest absolute Gasteiger partial charge is 0.385 e.